The third-order valence-electron chi connectivity index (χ3n) is 5.64. The summed E-state index contributed by atoms with van der Waals surface area (Å²) < 4.78 is 4.04. The molecule has 0 bridgehead atoms. The maximum absolute atomic E-state index is 13.3. The zero-order valence-electron chi connectivity index (χ0n) is 17.2. The van der Waals surface area contributed by atoms with Crippen LogP contribution >= 0.6 is 0 Å². The molecule has 3 aromatic rings. The van der Waals surface area contributed by atoms with Crippen molar-refractivity contribution in [3.63, 3.8) is 0 Å². The molecule has 1 aliphatic carbocycles. The van der Waals surface area contributed by atoms with Gasteiger partial charge in [-0.2, -0.15) is 5.10 Å². The third-order valence-corrected chi connectivity index (χ3v) is 5.64. The Kier molecular flexibility index (Phi) is 5.66. The van der Waals surface area contributed by atoms with E-state index in [1.54, 1.807) is 30.2 Å². The average molecular weight is 421 g/mol. The van der Waals surface area contributed by atoms with Crippen LogP contribution in [0, 0.1) is 10.1 Å². The molecule has 0 unspecified atom stereocenters. The highest BCUT2D eigenvalue weighted by molar-refractivity contribution is 5.71. The van der Waals surface area contributed by atoms with Gasteiger partial charge >= 0.3 is 16.9 Å². The van der Waals surface area contributed by atoms with Gasteiger partial charge in [-0.1, -0.05) is 30.3 Å². The first-order chi connectivity index (χ1) is 15.0. The maximum atomic E-state index is 13.3. The number of aromatic nitrogens is 4. The summed E-state index contributed by atoms with van der Waals surface area (Å²) in [5, 5.41) is 16.0. The van der Waals surface area contributed by atoms with Gasteiger partial charge in [0.05, 0.1) is 11.1 Å². The molecular weight excluding hydrogens is 398 g/mol. The van der Waals surface area contributed by atoms with Gasteiger partial charge in [0.25, 0.3) is 0 Å². The topological polar surface area (TPSA) is 105 Å². The molecular formula is C22H23N5O4. The fourth-order valence-corrected chi connectivity index (χ4v) is 3.78. The van der Waals surface area contributed by atoms with Crippen molar-refractivity contribution in [2.24, 2.45) is 7.05 Å². The fourth-order valence-electron chi connectivity index (χ4n) is 3.78. The van der Waals surface area contributed by atoms with Gasteiger partial charge in [-0.3, -0.25) is 28.7 Å². The summed E-state index contributed by atoms with van der Waals surface area (Å²) in [5.74, 6) is 0. The van der Waals surface area contributed by atoms with Crippen LogP contribution in [0.4, 0.5) is 5.69 Å². The van der Waals surface area contributed by atoms with Crippen molar-refractivity contribution < 1.29 is 4.92 Å². The second kappa shape index (κ2) is 8.55. The summed E-state index contributed by atoms with van der Waals surface area (Å²) in [7, 11) is 1.76. The molecule has 4 rings (SSSR count). The number of hydrogen-bond donors (Lipinski definition) is 0. The number of rotatable bonds is 7. The minimum Gasteiger partial charge on any atom is -0.287 e. The van der Waals surface area contributed by atoms with Gasteiger partial charge in [0.1, 0.15) is 5.69 Å². The molecule has 0 aliphatic heterocycles. The quantitative estimate of drug-likeness (QED) is 0.431. The number of nitrogens with zero attached hydrogens (tertiary/aromatic N) is 5. The highest BCUT2D eigenvalue weighted by Crippen LogP contribution is 2.30. The molecule has 0 N–H and O–H groups in total. The van der Waals surface area contributed by atoms with Gasteiger partial charge in [0, 0.05) is 31.4 Å². The van der Waals surface area contributed by atoms with E-state index >= 15 is 0 Å². The minimum absolute atomic E-state index is 0.00959. The molecule has 31 heavy (non-hydrogen) atoms. The van der Waals surface area contributed by atoms with Crippen LogP contribution in [0.3, 0.4) is 0 Å². The maximum Gasteiger partial charge on any atom is 0.357 e. The molecule has 1 saturated carbocycles. The van der Waals surface area contributed by atoms with E-state index in [9.17, 15) is 19.7 Å². The summed E-state index contributed by atoms with van der Waals surface area (Å²) >= 11 is 0. The summed E-state index contributed by atoms with van der Waals surface area (Å²) in [4.78, 5) is 37.5. The highest BCUT2D eigenvalue weighted by atomic mass is 16.6. The Labute approximate surface area is 178 Å². The first-order valence-electron chi connectivity index (χ1n) is 10.2. The summed E-state index contributed by atoms with van der Waals surface area (Å²) in [6, 6.07) is 9.30. The Hall–Kier alpha value is -3.75. The second-order valence-corrected chi connectivity index (χ2v) is 7.70. The lowest BCUT2D eigenvalue weighted by Crippen LogP contribution is -2.46. The number of benzene rings is 1. The highest BCUT2D eigenvalue weighted by Gasteiger charge is 2.31. The van der Waals surface area contributed by atoms with E-state index in [1.165, 1.54) is 10.6 Å². The van der Waals surface area contributed by atoms with E-state index in [0.29, 0.717) is 24.8 Å². The number of hydrogen-bond acceptors (Lipinski definition) is 5. The zero-order chi connectivity index (χ0) is 22.0. The van der Waals surface area contributed by atoms with Crippen LogP contribution < -0.4 is 11.2 Å². The van der Waals surface area contributed by atoms with Crippen LogP contribution in [-0.2, 0) is 20.0 Å². The van der Waals surface area contributed by atoms with Crippen LogP contribution in [-0.4, -0.2) is 23.8 Å². The van der Waals surface area contributed by atoms with Crippen molar-refractivity contribution >= 4 is 17.8 Å². The molecule has 1 fully saturated rings. The van der Waals surface area contributed by atoms with Gasteiger partial charge in [0.15, 0.2) is 0 Å². The van der Waals surface area contributed by atoms with E-state index in [1.807, 2.05) is 30.3 Å². The summed E-state index contributed by atoms with van der Waals surface area (Å²) in [6.45, 7) is 0.226. The molecule has 0 amide bonds. The molecule has 0 saturated heterocycles. The Morgan fingerprint density at radius 2 is 1.94 bits per heavy atom. The van der Waals surface area contributed by atoms with Crippen molar-refractivity contribution in [2.75, 3.05) is 0 Å². The largest absolute Gasteiger partial charge is 0.357 e. The van der Waals surface area contributed by atoms with Crippen LogP contribution in [0.5, 0.6) is 0 Å². The lowest BCUT2D eigenvalue weighted by Gasteiger charge is -2.27. The Balaban J connectivity index is 1.86. The molecule has 0 spiro atoms. The zero-order valence-corrected chi connectivity index (χ0v) is 17.2. The number of nitro groups is 1. The van der Waals surface area contributed by atoms with Crippen molar-refractivity contribution in [3.05, 3.63) is 90.5 Å². The third kappa shape index (κ3) is 4.11. The van der Waals surface area contributed by atoms with Crippen molar-refractivity contribution in [3.8, 4) is 0 Å². The predicted molar refractivity (Wildman–Crippen MR) is 117 cm³/mol. The average Bonchev–Trinajstić information content (AvgIpc) is 3.13. The molecule has 9 heteroatoms. The molecule has 1 aliphatic rings. The molecule has 9 nitrogen and oxygen atoms in total. The second-order valence-electron chi connectivity index (χ2n) is 7.70. The Morgan fingerprint density at radius 3 is 2.52 bits per heavy atom. The smallest absolute Gasteiger partial charge is 0.287 e. The van der Waals surface area contributed by atoms with E-state index in [2.05, 4.69) is 5.10 Å². The van der Waals surface area contributed by atoms with E-state index in [4.69, 9.17) is 0 Å². The lowest BCUT2D eigenvalue weighted by molar-refractivity contribution is -0.387. The molecule has 1 aromatic carbocycles. The predicted octanol–water partition coefficient (Wildman–Crippen LogP) is 2.79. The van der Waals surface area contributed by atoms with E-state index in [-0.39, 0.29) is 18.3 Å². The van der Waals surface area contributed by atoms with Gasteiger partial charge in [0.2, 0.25) is 0 Å². The number of aryl methyl sites for hydroxylation is 2. The standard InChI is InChI=1S/C22H23N5O4/c1-24-15-17(14-23-24)10-11-19-20(27(30)31)21(28)26(18-8-5-9-18)22(29)25(19)13-12-16-6-3-2-4-7-16/h2-4,6-7,10-11,14-15,18H,5,8-9,12-13H2,1H3/b11-10+. The van der Waals surface area contributed by atoms with Gasteiger partial charge < -0.3 is 0 Å². The molecule has 2 heterocycles. The molecule has 2 aromatic heterocycles. The van der Waals surface area contributed by atoms with Crippen LogP contribution in [0.15, 0.2) is 52.3 Å². The Morgan fingerprint density at radius 1 is 1.19 bits per heavy atom. The monoisotopic (exact) mass is 421 g/mol. The SMILES string of the molecule is Cn1cc(/C=C/c2c([N+](=O)[O-])c(=O)n(C3CCC3)c(=O)n2CCc2ccccc2)cn1. The first-order valence-corrected chi connectivity index (χ1v) is 10.2. The van der Waals surface area contributed by atoms with Gasteiger partial charge in [-0.15, -0.1) is 0 Å². The van der Waals surface area contributed by atoms with Crippen molar-refractivity contribution in [2.45, 2.75) is 38.3 Å². The summed E-state index contributed by atoms with van der Waals surface area (Å²) in [5.41, 5.74) is -0.179. The van der Waals surface area contributed by atoms with Crippen LogP contribution in [0.2, 0.25) is 0 Å². The van der Waals surface area contributed by atoms with Crippen molar-refractivity contribution in [1.29, 1.82) is 0 Å². The normalized spacial score (nSPS) is 14.1. The lowest BCUT2D eigenvalue weighted by atomic mass is 9.93. The van der Waals surface area contributed by atoms with Crippen LogP contribution in [0.25, 0.3) is 12.2 Å². The van der Waals surface area contributed by atoms with E-state index in [0.717, 1.165) is 16.6 Å². The summed E-state index contributed by atoms with van der Waals surface area (Å²) in [6.07, 6.45) is 9.20. The first kappa shape index (κ1) is 20.5. The fraction of sp³-hybridized carbons (Fsp3) is 0.318. The molecule has 160 valence electrons. The molecule has 0 atom stereocenters. The molecule has 0 radical (unpaired) electrons. The van der Waals surface area contributed by atoms with E-state index < -0.39 is 21.9 Å². The minimum atomic E-state index is -0.832. The Bertz CT molecular complexity index is 1250. The van der Waals surface area contributed by atoms with Gasteiger partial charge in [-0.05, 0) is 43.4 Å². The van der Waals surface area contributed by atoms with Gasteiger partial charge in [-0.25, -0.2) is 4.79 Å². The van der Waals surface area contributed by atoms with Crippen LogP contribution in [0.1, 0.15) is 42.1 Å². The van der Waals surface area contributed by atoms with Crippen molar-refractivity contribution in [1.82, 2.24) is 18.9 Å².